The molecule has 2 rings (SSSR count). The molecular weight excluding hydrogens is 354 g/mol. The quantitative estimate of drug-likeness (QED) is 0.759. The number of carbonyl (C=O) groups is 1. The van der Waals surface area contributed by atoms with Crippen LogP contribution in [0, 0.1) is 0 Å². The van der Waals surface area contributed by atoms with Gasteiger partial charge in [-0.25, -0.2) is 18.2 Å². The molecule has 9 heteroatoms. The molecule has 128 valence electrons. The van der Waals surface area contributed by atoms with Crippen LogP contribution in [0.1, 0.15) is 17.3 Å². The van der Waals surface area contributed by atoms with E-state index in [0.29, 0.717) is 22.0 Å². The number of hydrogen-bond donors (Lipinski definition) is 2. The predicted octanol–water partition coefficient (Wildman–Crippen LogP) is 3.03. The number of nitrogens with zero attached hydrogens (tertiary/aromatic N) is 1. The molecule has 0 unspecified atom stereocenters. The molecule has 0 spiro atoms. The van der Waals surface area contributed by atoms with Crippen molar-refractivity contribution < 1.29 is 17.9 Å². The molecular formula is C15H16ClN3O4S. The van der Waals surface area contributed by atoms with Gasteiger partial charge in [0.15, 0.2) is 0 Å². The van der Waals surface area contributed by atoms with Gasteiger partial charge in [-0.1, -0.05) is 11.6 Å². The van der Waals surface area contributed by atoms with Crippen LogP contribution in [0.15, 0.2) is 36.5 Å². The maximum Gasteiger partial charge on any atom is 0.337 e. The normalized spacial score (nSPS) is 11.0. The Kier molecular flexibility index (Phi) is 5.63. The van der Waals surface area contributed by atoms with Crippen molar-refractivity contribution in [2.45, 2.75) is 6.92 Å². The van der Waals surface area contributed by atoms with Gasteiger partial charge in [0.05, 0.1) is 41.0 Å². The van der Waals surface area contributed by atoms with E-state index in [2.05, 4.69) is 19.8 Å². The summed E-state index contributed by atoms with van der Waals surface area (Å²) in [5.74, 6) is -0.293. The lowest BCUT2D eigenvalue weighted by atomic mass is 10.2. The second-order valence-corrected chi connectivity index (χ2v) is 7.17. The summed E-state index contributed by atoms with van der Waals surface area (Å²) in [4.78, 5) is 15.6. The number of sulfonamides is 1. The van der Waals surface area contributed by atoms with Gasteiger partial charge in [0.1, 0.15) is 5.82 Å². The lowest BCUT2D eigenvalue weighted by molar-refractivity contribution is 0.0601. The second kappa shape index (κ2) is 7.50. The van der Waals surface area contributed by atoms with E-state index in [-0.39, 0.29) is 11.6 Å². The predicted molar refractivity (Wildman–Crippen MR) is 93.4 cm³/mol. The summed E-state index contributed by atoms with van der Waals surface area (Å²) in [7, 11) is -2.08. The fraction of sp³-hybridized carbons (Fsp3) is 0.200. The van der Waals surface area contributed by atoms with Gasteiger partial charge in [0.2, 0.25) is 10.0 Å². The number of anilines is 3. The maximum absolute atomic E-state index is 11.6. The largest absolute Gasteiger partial charge is 0.465 e. The average Bonchev–Trinajstić information content (AvgIpc) is 2.57. The number of rotatable bonds is 6. The molecule has 1 aromatic carbocycles. The van der Waals surface area contributed by atoms with Crippen molar-refractivity contribution in [2.75, 3.05) is 22.9 Å². The number of ether oxygens (including phenoxy) is 1. The first-order chi connectivity index (χ1) is 11.3. The Morgan fingerprint density at radius 2 is 2.04 bits per heavy atom. The van der Waals surface area contributed by atoms with E-state index in [0.717, 1.165) is 0 Å². The number of aromatic nitrogens is 1. The van der Waals surface area contributed by atoms with E-state index in [4.69, 9.17) is 11.6 Å². The van der Waals surface area contributed by atoms with Gasteiger partial charge in [-0.3, -0.25) is 4.72 Å². The smallest absolute Gasteiger partial charge is 0.337 e. The minimum absolute atomic E-state index is 0.0371. The molecule has 0 saturated carbocycles. The molecule has 0 aliphatic heterocycles. The molecule has 1 heterocycles. The summed E-state index contributed by atoms with van der Waals surface area (Å²) in [5, 5.41) is 3.43. The molecule has 0 saturated heterocycles. The Hall–Kier alpha value is -2.32. The molecule has 0 radical (unpaired) electrons. The first-order valence-corrected chi connectivity index (χ1v) is 8.99. The molecule has 7 nitrogen and oxygen atoms in total. The number of methoxy groups -OCH3 is 1. The second-order valence-electron chi connectivity index (χ2n) is 4.75. The van der Waals surface area contributed by atoms with Crippen molar-refractivity contribution in [1.82, 2.24) is 4.98 Å². The van der Waals surface area contributed by atoms with E-state index >= 15 is 0 Å². The van der Waals surface area contributed by atoms with Gasteiger partial charge < -0.3 is 10.1 Å². The van der Waals surface area contributed by atoms with Crippen LogP contribution >= 0.6 is 11.6 Å². The van der Waals surface area contributed by atoms with Gasteiger partial charge in [-0.15, -0.1) is 0 Å². The molecule has 0 atom stereocenters. The summed E-state index contributed by atoms with van der Waals surface area (Å²) < 4.78 is 30.0. The molecule has 0 fully saturated rings. The summed E-state index contributed by atoms with van der Waals surface area (Å²) in [6, 6.07) is 7.85. The minimum atomic E-state index is -3.37. The zero-order valence-corrected chi connectivity index (χ0v) is 14.6. The summed E-state index contributed by atoms with van der Waals surface area (Å²) in [5.41, 5.74) is 1.44. The van der Waals surface area contributed by atoms with E-state index in [1.54, 1.807) is 24.3 Å². The standard InChI is InChI=1S/C15H16ClN3O4S/c1-3-24(21,22)19-14-7-5-11(9-17-14)18-13-8-10(15(20)23-2)4-6-12(13)16/h4-9,18H,3H2,1-2H3,(H,17,19). The molecule has 0 aliphatic carbocycles. The third-order valence-corrected chi connectivity index (χ3v) is 4.68. The van der Waals surface area contributed by atoms with Crippen LogP contribution in [0.2, 0.25) is 5.02 Å². The number of carbonyl (C=O) groups excluding carboxylic acids is 1. The van der Waals surface area contributed by atoms with Crippen LogP contribution < -0.4 is 10.0 Å². The lowest BCUT2D eigenvalue weighted by Crippen LogP contribution is -2.15. The SMILES string of the molecule is CCS(=O)(=O)Nc1ccc(Nc2cc(C(=O)OC)ccc2Cl)cn1. The van der Waals surface area contributed by atoms with Crippen LogP contribution in [0.5, 0.6) is 0 Å². The summed E-state index contributed by atoms with van der Waals surface area (Å²) in [6.07, 6.45) is 1.45. The molecule has 2 aromatic rings. The third kappa shape index (κ3) is 4.59. The highest BCUT2D eigenvalue weighted by atomic mass is 35.5. The minimum Gasteiger partial charge on any atom is -0.465 e. The van der Waals surface area contributed by atoms with Crippen LogP contribution in [-0.4, -0.2) is 32.2 Å². The van der Waals surface area contributed by atoms with E-state index in [1.807, 2.05) is 0 Å². The lowest BCUT2D eigenvalue weighted by Gasteiger charge is -2.11. The highest BCUT2D eigenvalue weighted by molar-refractivity contribution is 7.92. The summed E-state index contributed by atoms with van der Waals surface area (Å²) in [6.45, 7) is 1.54. The molecule has 1 aromatic heterocycles. The van der Waals surface area contributed by atoms with Gasteiger partial charge in [-0.2, -0.15) is 0 Å². The van der Waals surface area contributed by atoms with E-state index in [1.165, 1.54) is 26.3 Å². The fourth-order valence-electron chi connectivity index (χ4n) is 1.78. The van der Waals surface area contributed by atoms with Crippen LogP contribution in [0.3, 0.4) is 0 Å². The molecule has 24 heavy (non-hydrogen) atoms. The highest BCUT2D eigenvalue weighted by Gasteiger charge is 2.10. The van der Waals surface area contributed by atoms with E-state index < -0.39 is 16.0 Å². The van der Waals surface area contributed by atoms with Gasteiger partial charge in [-0.05, 0) is 37.3 Å². The van der Waals surface area contributed by atoms with Crippen LogP contribution in [0.25, 0.3) is 0 Å². The van der Waals surface area contributed by atoms with Crippen molar-refractivity contribution in [3.8, 4) is 0 Å². The Balaban J connectivity index is 2.18. The zero-order valence-electron chi connectivity index (χ0n) is 13.0. The van der Waals surface area contributed by atoms with Gasteiger partial charge in [0.25, 0.3) is 0 Å². The van der Waals surface area contributed by atoms with Gasteiger partial charge >= 0.3 is 5.97 Å². The van der Waals surface area contributed by atoms with Crippen molar-refractivity contribution >= 4 is 44.8 Å². The zero-order chi connectivity index (χ0) is 17.7. The molecule has 0 bridgehead atoms. The first-order valence-electron chi connectivity index (χ1n) is 6.96. The number of nitrogens with one attached hydrogen (secondary N) is 2. The van der Waals surface area contributed by atoms with Gasteiger partial charge in [0, 0.05) is 0 Å². The molecule has 0 amide bonds. The topological polar surface area (TPSA) is 97.4 Å². The third-order valence-electron chi connectivity index (χ3n) is 3.07. The Bertz CT molecular complexity index is 838. The van der Waals surface area contributed by atoms with Crippen LogP contribution in [0.4, 0.5) is 17.2 Å². The number of halogens is 1. The Morgan fingerprint density at radius 1 is 1.29 bits per heavy atom. The first kappa shape index (κ1) is 18.0. The van der Waals surface area contributed by atoms with Crippen molar-refractivity contribution in [3.63, 3.8) is 0 Å². The number of esters is 1. The monoisotopic (exact) mass is 369 g/mol. The average molecular weight is 370 g/mol. The van der Waals surface area contributed by atoms with Crippen molar-refractivity contribution in [3.05, 3.63) is 47.1 Å². The Morgan fingerprint density at radius 3 is 2.62 bits per heavy atom. The number of hydrogen-bond acceptors (Lipinski definition) is 6. The highest BCUT2D eigenvalue weighted by Crippen LogP contribution is 2.27. The van der Waals surface area contributed by atoms with Crippen molar-refractivity contribution in [2.24, 2.45) is 0 Å². The fourth-order valence-corrected chi connectivity index (χ4v) is 2.53. The maximum atomic E-state index is 11.6. The number of pyridine rings is 1. The number of benzene rings is 1. The Labute approximate surface area is 145 Å². The van der Waals surface area contributed by atoms with Crippen molar-refractivity contribution in [1.29, 1.82) is 0 Å². The molecule has 0 aliphatic rings. The molecule has 2 N–H and O–H groups in total. The van der Waals surface area contributed by atoms with Crippen LogP contribution in [-0.2, 0) is 14.8 Å². The summed E-state index contributed by atoms with van der Waals surface area (Å²) >= 11 is 6.10. The van der Waals surface area contributed by atoms with E-state index in [9.17, 15) is 13.2 Å².